The van der Waals surface area contributed by atoms with Crippen LogP contribution in [0.3, 0.4) is 0 Å². The number of nitrogens with two attached hydrogens (primary N) is 1. The Morgan fingerprint density at radius 2 is 2.04 bits per heavy atom. The van der Waals surface area contributed by atoms with Crippen molar-refractivity contribution in [2.75, 3.05) is 26.7 Å². The summed E-state index contributed by atoms with van der Waals surface area (Å²) in [4.78, 5) is 11.9. The first kappa shape index (κ1) is 21.0. The first-order valence-corrected chi connectivity index (χ1v) is 9.15. The van der Waals surface area contributed by atoms with Crippen molar-refractivity contribution in [3.8, 4) is 0 Å². The monoisotopic (exact) mass is 380 g/mol. The van der Waals surface area contributed by atoms with Crippen molar-refractivity contribution in [2.45, 2.75) is 38.0 Å². The van der Waals surface area contributed by atoms with Gasteiger partial charge >= 0.3 is 5.97 Å². The molecule has 2 heterocycles. The fraction of sp³-hybridized carbons (Fsp3) is 0.667. The lowest BCUT2D eigenvalue weighted by Crippen LogP contribution is -2.41. The van der Waals surface area contributed by atoms with Crippen LogP contribution in [0.25, 0.3) is 0 Å². The summed E-state index contributed by atoms with van der Waals surface area (Å²) < 4.78 is 37.6. The second kappa shape index (κ2) is 8.33. The quantitative estimate of drug-likeness (QED) is 0.782. The van der Waals surface area contributed by atoms with E-state index in [9.17, 15) is 13.2 Å². The van der Waals surface area contributed by atoms with Gasteiger partial charge in [-0.05, 0) is 45.6 Å². The first-order valence-electron chi connectivity index (χ1n) is 7.71. The van der Waals surface area contributed by atoms with Crippen LogP contribution in [-0.2, 0) is 14.8 Å². The van der Waals surface area contributed by atoms with Crippen molar-refractivity contribution in [3.63, 3.8) is 0 Å². The highest BCUT2D eigenvalue weighted by Gasteiger charge is 2.37. The van der Waals surface area contributed by atoms with E-state index in [4.69, 9.17) is 14.9 Å². The van der Waals surface area contributed by atoms with Crippen molar-refractivity contribution in [2.24, 2.45) is 11.7 Å². The maximum atomic E-state index is 13.0. The van der Waals surface area contributed by atoms with Gasteiger partial charge in [0, 0.05) is 13.1 Å². The zero-order valence-corrected chi connectivity index (χ0v) is 15.8. The van der Waals surface area contributed by atoms with E-state index >= 15 is 0 Å². The molecule has 0 aromatic carbocycles. The summed E-state index contributed by atoms with van der Waals surface area (Å²) in [6.07, 6.45) is 2.54. The number of rotatable bonds is 5. The number of esters is 1. The van der Waals surface area contributed by atoms with Gasteiger partial charge in [-0.1, -0.05) is 0 Å². The molecule has 1 fully saturated rings. The highest BCUT2D eigenvalue weighted by atomic mass is 35.5. The largest absolute Gasteiger partial charge is 0.465 e. The second-order valence-electron chi connectivity index (χ2n) is 5.86. The minimum atomic E-state index is -3.81. The van der Waals surface area contributed by atoms with E-state index in [1.165, 1.54) is 11.4 Å². The third kappa shape index (κ3) is 3.93. The number of carbonyl (C=O) groups is 1. The highest BCUT2D eigenvalue weighted by Crippen LogP contribution is 2.32. The van der Waals surface area contributed by atoms with E-state index in [0.717, 1.165) is 19.3 Å². The molecule has 1 aliphatic rings. The lowest BCUT2D eigenvalue weighted by molar-refractivity contribution is 0.0594. The summed E-state index contributed by atoms with van der Waals surface area (Å²) in [5.74, 6) is 0.0131. The zero-order valence-electron chi connectivity index (χ0n) is 14.2. The van der Waals surface area contributed by atoms with Crippen molar-refractivity contribution < 1.29 is 22.4 Å². The molecule has 2 rings (SSSR count). The number of hydrogen-bond donors (Lipinski definition) is 1. The van der Waals surface area contributed by atoms with Crippen molar-refractivity contribution in [3.05, 3.63) is 17.1 Å². The van der Waals surface area contributed by atoms with Crippen molar-refractivity contribution in [1.29, 1.82) is 0 Å². The molecule has 138 valence electrons. The number of carbonyl (C=O) groups excluding carboxylic acids is 1. The molecule has 9 heteroatoms. The maximum Gasteiger partial charge on any atom is 0.342 e. The van der Waals surface area contributed by atoms with Gasteiger partial charge in [-0.15, -0.1) is 12.4 Å². The molecule has 7 nitrogen and oxygen atoms in total. The molecule has 1 unspecified atom stereocenters. The predicted molar refractivity (Wildman–Crippen MR) is 91.9 cm³/mol. The molecular weight excluding hydrogens is 356 g/mol. The molecular formula is C15H25ClN2O5S. The van der Waals surface area contributed by atoms with Gasteiger partial charge in [0.15, 0.2) is 0 Å². The summed E-state index contributed by atoms with van der Waals surface area (Å²) >= 11 is 0. The van der Waals surface area contributed by atoms with Gasteiger partial charge in [-0.2, -0.15) is 4.31 Å². The Balaban J connectivity index is 0.00000288. The fourth-order valence-electron chi connectivity index (χ4n) is 3.16. The summed E-state index contributed by atoms with van der Waals surface area (Å²) in [6, 6.07) is 0. The lowest BCUT2D eigenvalue weighted by Gasteiger charge is -2.31. The average Bonchev–Trinajstić information content (AvgIpc) is 2.82. The molecule has 0 spiro atoms. The first-order chi connectivity index (χ1) is 10.8. The standard InChI is InChI=1S/C15H24N2O5S.ClH/c1-10-13(15(18)21-3)14(11(2)22-10)23(19,20)17-8-4-5-12(9-17)6-7-16;/h12H,4-9,16H2,1-3H3;1H. The molecule has 0 saturated carbocycles. The Morgan fingerprint density at radius 1 is 1.38 bits per heavy atom. The smallest absolute Gasteiger partial charge is 0.342 e. The van der Waals surface area contributed by atoms with Gasteiger partial charge < -0.3 is 14.9 Å². The van der Waals surface area contributed by atoms with Crippen LogP contribution in [0.2, 0.25) is 0 Å². The number of methoxy groups -OCH3 is 1. The molecule has 1 atom stereocenters. The van der Waals surface area contributed by atoms with E-state index in [1.54, 1.807) is 13.8 Å². The minimum absolute atomic E-state index is 0. The van der Waals surface area contributed by atoms with Crippen LogP contribution in [0, 0.1) is 19.8 Å². The molecule has 0 bridgehead atoms. The van der Waals surface area contributed by atoms with Gasteiger partial charge in [0.25, 0.3) is 0 Å². The van der Waals surface area contributed by atoms with Gasteiger partial charge in [0.1, 0.15) is 22.0 Å². The minimum Gasteiger partial charge on any atom is -0.465 e. The molecule has 24 heavy (non-hydrogen) atoms. The van der Waals surface area contributed by atoms with Crippen LogP contribution >= 0.6 is 12.4 Å². The Hall–Kier alpha value is -1.09. The molecule has 0 aliphatic carbocycles. The summed E-state index contributed by atoms with van der Waals surface area (Å²) in [7, 11) is -2.59. The summed E-state index contributed by atoms with van der Waals surface area (Å²) in [5, 5.41) is 0. The zero-order chi connectivity index (χ0) is 17.2. The normalized spacial score (nSPS) is 18.9. The molecule has 1 aliphatic heterocycles. The van der Waals surface area contributed by atoms with Gasteiger partial charge in [0.05, 0.1) is 7.11 Å². The molecule has 0 amide bonds. The Kier molecular flexibility index (Phi) is 7.27. The fourth-order valence-corrected chi connectivity index (χ4v) is 5.08. The number of aryl methyl sites for hydroxylation is 2. The van der Waals surface area contributed by atoms with Crippen molar-refractivity contribution in [1.82, 2.24) is 4.31 Å². The number of ether oxygens (including phenoxy) is 1. The number of sulfonamides is 1. The van der Waals surface area contributed by atoms with Crippen LogP contribution in [0.5, 0.6) is 0 Å². The molecule has 1 aromatic heterocycles. The van der Waals surface area contributed by atoms with Crippen LogP contribution in [0.1, 0.15) is 41.1 Å². The third-order valence-electron chi connectivity index (χ3n) is 4.25. The van der Waals surface area contributed by atoms with E-state index in [1.807, 2.05) is 0 Å². The average molecular weight is 381 g/mol. The SMILES string of the molecule is COC(=O)c1c(C)oc(C)c1S(=O)(=O)N1CCCC(CCN)C1.Cl. The summed E-state index contributed by atoms with van der Waals surface area (Å²) in [5.41, 5.74) is 5.58. The van der Waals surface area contributed by atoms with Gasteiger partial charge in [0.2, 0.25) is 10.0 Å². The number of furan rings is 1. The van der Waals surface area contributed by atoms with Crippen LogP contribution in [0.15, 0.2) is 9.31 Å². The number of nitrogens with zero attached hydrogens (tertiary/aromatic N) is 1. The predicted octanol–water partition coefficient (Wildman–Crippen LogP) is 1.85. The Morgan fingerprint density at radius 3 is 2.62 bits per heavy atom. The number of piperidine rings is 1. The summed E-state index contributed by atoms with van der Waals surface area (Å²) in [6.45, 7) is 4.51. The molecule has 1 aromatic rings. The van der Waals surface area contributed by atoms with Crippen LogP contribution in [-0.4, -0.2) is 45.4 Å². The highest BCUT2D eigenvalue weighted by molar-refractivity contribution is 7.89. The topological polar surface area (TPSA) is 103 Å². The number of halogens is 1. The van der Waals surface area contributed by atoms with E-state index in [0.29, 0.717) is 19.6 Å². The van der Waals surface area contributed by atoms with E-state index < -0.39 is 16.0 Å². The van der Waals surface area contributed by atoms with E-state index in [-0.39, 0.29) is 40.3 Å². The molecule has 1 saturated heterocycles. The third-order valence-corrected chi connectivity index (χ3v) is 6.27. The maximum absolute atomic E-state index is 13.0. The second-order valence-corrected chi connectivity index (χ2v) is 7.73. The lowest BCUT2D eigenvalue weighted by atomic mass is 9.96. The number of hydrogen-bond acceptors (Lipinski definition) is 6. The Labute approximate surface area is 149 Å². The van der Waals surface area contributed by atoms with Crippen LogP contribution < -0.4 is 5.73 Å². The van der Waals surface area contributed by atoms with E-state index in [2.05, 4.69) is 0 Å². The Bertz CT molecular complexity index is 684. The van der Waals surface area contributed by atoms with Crippen molar-refractivity contribution >= 4 is 28.4 Å². The van der Waals surface area contributed by atoms with Gasteiger partial charge in [-0.3, -0.25) is 0 Å². The molecule has 0 radical (unpaired) electrons. The van der Waals surface area contributed by atoms with Crippen LogP contribution in [0.4, 0.5) is 0 Å². The molecule has 2 N–H and O–H groups in total. The van der Waals surface area contributed by atoms with Gasteiger partial charge in [-0.25, -0.2) is 13.2 Å².